The molecule has 1 unspecified atom stereocenters. The Labute approximate surface area is 185 Å². The standard InChI is InChI=1S/C21H24FN3O4S2/c1-14-11-19(15(2)30-14)31(28,29)24-9-7-23(8-10-24)21(27)16-12-20(26)25(13-16)18-6-4-3-5-17(18)22/h3-6,11,16H,7-10,12-13H2,1-2H3. The smallest absolute Gasteiger partial charge is 0.244 e. The number of thiophene rings is 1. The first-order valence-electron chi connectivity index (χ1n) is 10.1. The zero-order valence-electron chi connectivity index (χ0n) is 17.4. The van der Waals surface area contributed by atoms with Gasteiger partial charge in [-0.25, -0.2) is 12.8 Å². The highest BCUT2D eigenvalue weighted by molar-refractivity contribution is 7.89. The summed E-state index contributed by atoms with van der Waals surface area (Å²) in [4.78, 5) is 30.3. The summed E-state index contributed by atoms with van der Waals surface area (Å²) in [6.07, 6.45) is 0.0268. The van der Waals surface area contributed by atoms with Crippen molar-refractivity contribution >= 4 is 38.9 Å². The minimum Gasteiger partial charge on any atom is -0.340 e. The Morgan fingerprint density at radius 1 is 1.13 bits per heavy atom. The summed E-state index contributed by atoms with van der Waals surface area (Å²) in [5.41, 5.74) is 0.181. The number of para-hydroxylation sites is 1. The largest absolute Gasteiger partial charge is 0.340 e. The van der Waals surface area contributed by atoms with Crippen LogP contribution in [0.1, 0.15) is 16.2 Å². The molecule has 4 rings (SSSR count). The summed E-state index contributed by atoms with van der Waals surface area (Å²) in [6, 6.07) is 7.70. The van der Waals surface area contributed by atoms with Gasteiger partial charge in [-0.1, -0.05) is 12.1 Å². The first-order valence-corrected chi connectivity index (χ1v) is 12.3. The fourth-order valence-corrected chi connectivity index (χ4v) is 7.13. The van der Waals surface area contributed by atoms with Gasteiger partial charge in [-0.15, -0.1) is 11.3 Å². The van der Waals surface area contributed by atoms with E-state index in [-0.39, 0.29) is 56.6 Å². The molecule has 2 aromatic rings. The summed E-state index contributed by atoms with van der Waals surface area (Å²) in [5.74, 6) is -1.53. The van der Waals surface area contributed by atoms with E-state index in [4.69, 9.17) is 0 Å². The number of carbonyl (C=O) groups is 2. The normalized spacial score (nSPS) is 20.5. The summed E-state index contributed by atoms with van der Waals surface area (Å²) in [6.45, 7) is 4.75. The lowest BCUT2D eigenvalue weighted by Crippen LogP contribution is -2.52. The fraction of sp³-hybridized carbons (Fsp3) is 0.429. The van der Waals surface area contributed by atoms with Crippen LogP contribution in [0.15, 0.2) is 35.2 Å². The maximum absolute atomic E-state index is 14.1. The minimum absolute atomic E-state index is 0.0268. The molecule has 3 heterocycles. The molecule has 1 atom stereocenters. The van der Waals surface area contributed by atoms with Crippen LogP contribution >= 0.6 is 11.3 Å². The molecule has 0 bridgehead atoms. The highest BCUT2D eigenvalue weighted by Crippen LogP contribution is 2.30. The number of halogens is 1. The molecule has 0 saturated carbocycles. The Balaban J connectivity index is 1.40. The number of benzene rings is 1. The van der Waals surface area contributed by atoms with E-state index in [1.165, 1.54) is 32.7 Å². The van der Waals surface area contributed by atoms with E-state index in [0.717, 1.165) is 9.75 Å². The van der Waals surface area contributed by atoms with Crippen molar-refractivity contribution in [1.82, 2.24) is 9.21 Å². The van der Waals surface area contributed by atoms with Crippen molar-refractivity contribution in [1.29, 1.82) is 0 Å². The van der Waals surface area contributed by atoms with Crippen LogP contribution in [-0.4, -0.2) is 62.2 Å². The third-order valence-electron chi connectivity index (χ3n) is 5.78. The molecule has 2 aliphatic heterocycles. The van der Waals surface area contributed by atoms with Crippen molar-refractivity contribution in [3.8, 4) is 0 Å². The van der Waals surface area contributed by atoms with Crippen molar-refractivity contribution < 1.29 is 22.4 Å². The number of amides is 2. The van der Waals surface area contributed by atoms with Crippen molar-refractivity contribution in [3.63, 3.8) is 0 Å². The second-order valence-electron chi connectivity index (χ2n) is 7.86. The number of nitrogens with zero attached hydrogens (tertiary/aromatic N) is 3. The van der Waals surface area contributed by atoms with Gasteiger partial charge in [0.15, 0.2) is 0 Å². The number of anilines is 1. The van der Waals surface area contributed by atoms with Gasteiger partial charge in [-0.2, -0.15) is 4.31 Å². The molecule has 166 valence electrons. The lowest BCUT2D eigenvalue weighted by molar-refractivity contribution is -0.136. The molecule has 2 amide bonds. The maximum atomic E-state index is 14.1. The molecule has 0 aliphatic carbocycles. The monoisotopic (exact) mass is 465 g/mol. The molecule has 0 spiro atoms. The van der Waals surface area contributed by atoms with Crippen LogP contribution in [0.5, 0.6) is 0 Å². The predicted octanol–water partition coefficient (Wildman–Crippen LogP) is 2.39. The van der Waals surface area contributed by atoms with Gasteiger partial charge in [-0.05, 0) is 32.0 Å². The molecule has 31 heavy (non-hydrogen) atoms. The third kappa shape index (κ3) is 4.11. The summed E-state index contributed by atoms with van der Waals surface area (Å²) in [5, 5.41) is 0. The van der Waals surface area contributed by atoms with Crippen molar-refractivity contribution in [2.24, 2.45) is 5.92 Å². The number of carbonyl (C=O) groups excluding carboxylic acids is 2. The molecule has 2 saturated heterocycles. The van der Waals surface area contributed by atoms with Gasteiger partial charge in [0.05, 0.1) is 16.5 Å². The molecule has 2 aliphatic rings. The first-order chi connectivity index (χ1) is 14.7. The molecule has 0 radical (unpaired) electrons. The SMILES string of the molecule is Cc1cc(S(=O)(=O)N2CCN(C(=O)C3CC(=O)N(c4ccccc4F)C3)CC2)c(C)s1. The molecule has 10 heteroatoms. The van der Waals surface area contributed by atoms with Gasteiger partial charge in [0, 0.05) is 48.9 Å². The van der Waals surface area contributed by atoms with Gasteiger partial charge >= 0.3 is 0 Å². The number of sulfonamides is 1. The van der Waals surface area contributed by atoms with Crippen molar-refractivity contribution in [3.05, 3.63) is 45.9 Å². The molecule has 2 fully saturated rings. The van der Waals surface area contributed by atoms with Gasteiger partial charge < -0.3 is 9.80 Å². The first kappa shape index (κ1) is 21.9. The Hall–Kier alpha value is -2.30. The van der Waals surface area contributed by atoms with E-state index in [1.807, 2.05) is 6.92 Å². The highest BCUT2D eigenvalue weighted by Gasteiger charge is 2.40. The maximum Gasteiger partial charge on any atom is 0.244 e. The van der Waals surface area contributed by atoms with Gasteiger partial charge in [0.1, 0.15) is 5.82 Å². The van der Waals surface area contributed by atoms with E-state index < -0.39 is 21.8 Å². The van der Waals surface area contributed by atoms with Crippen LogP contribution in [-0.2, 0) is 19.6 Å². The summed E-state index contributed by atoms with van der Waals surface area (Å²) < 4.78 is 41.4. The van der Waals surface area contributed by atoms with Crippen LogP contribution in [0.25, 0.3) is 0 Å². The van der Waals surface area contributed by atoms with E-state index in [1.54, 1.807) is 30.0 Å². The summed E-state index contributed by atoms with van der Waals surface area (Å²) >= 11 is 1.45. The van der Waals surface area contributed by atoms with Crippen molar-refractivity contribution in [2.45, 2.75) is 25.2 Å². The number of piperazine rings is 1. The summed E-state index contributed by atoms with van der Waals surface area (Å²) in [7, 11) is -3.60. The van der Waals surface area contributed by atoms with E-state index >= 15 is 0 Å². The number of hydrogen-bond donors (Lipinski definition) is 0. The highest BCUT2D eigenvalue weighted by atomic mass is 32.2. The second-order valence-corrected chi connectivity index (χ2v) is 11.2. The average Bonchev–Trinajstić information content (AvgIpc) is 3.29. The van der Waals surface area contributed by atoms with E-state index in [2.05, 4.69) is 0 Å². The topological polar surface area (TPSA) is 78.0 Å². The molecule has 1 aromatic carbocycles. The Bertz CT molecular complexity index is 1120. The molecular formula is C21H24FN3O4S2. The molecule has 1 aromatic heterocycles. The Morgan fingerprint density at radius 3 is 2.42 bits per heavy atom. The number of rotatable bonds is 4. The van der Waals surface area contributed by atoms with Crippen LogP contribution < -0.4 is 4.90 Å². The lowest BCUT2D eigenvalue weighted by atomic mass is 10.1. The molecule has 0 N–H and O–H groups in total. The van der Waals surface area contributed by atoms with Crippen LogP contribution in [0.2, 0.25) is 0 Å². The average molecular weight is 466 g/mol. The zero-order chi connectivity index (χ0) is 22.3. The quantitative estimate of drug-likeness (QED) is 0.695. The zero-order valence-corrected chi connectivity index (χ0v) is 19.0. The van der Waals surface area contributed by atoms with Gasteiger partial charge in [-0.3, -0.25) is 9.59 Å². The minimum atomic E-state index is -3.60. The van der Waals surface area contributed by atoms with Crippen LogP contribution in [0.4, 0.5) is 10.1 Å². The Kier molecular flexibility index (Phi) is 5.89. The third-order valence-corrected chi connectivity index (χ3v) is 8.90. The lowest BCUT2D eigenvalue weighted by Gasteiger charge is -2.35. The van der Waals surface area contributed by atoms with E-state index in [9.17, 15) is 22.4 Å². The fourth-order valence-electron chi connectivity index (χ4n) is 4.19. The number of hydrogen-bond acceptors (Lipinski definition) is 5. The van der Waals surface area contributed by atoms with Crippen molar-refractivity contribution in [2.75, 3.05) is 37.6 Å². The van der Waals surface area contributed by atoms with Gasteiger partial charge in [0.2, 0.25) is 21.8 Å². The Morgan fingerprint density at radius 2 is 1.81 bits per heavy atom. The predicted molar refractivity (Wildman–Crippen MR) is 116 cm³/mol. The molecular weight excluding hydrogens is 441 g/mol. The molecule has 7 nitrogen and oxygen atoms in total. The van der Waals surface area contributed by atoms with Gasteiger partial charge in [0.25, 0.3) is 0 Å². The van der Waals surface area contributed by atoms with E-state index in [0.29, 0.717) is 4.90 Å². The van der Waals surface area contributed by atoms with Crippen LogP contribution in [0.3, 0.4) is 0 Å². The van der Waals surface area contributed by atoms with Crippen LogP contribution in [0, 0.1) is 25.6 Å². The number of aryl methyl sites for hydroxylation is 2. The second kappa shape index (κ2) is 8.33.